The van der Waals surface area contributed by atoms with Crippen LogP contribution in [0, 0.1) is 11.8 Å². The molecule has 28 heavy (non-hydrogen) atoms. The van der Waals surface area contributed by atoms with Gasteiger partial charge in [-0.1, -0.05) is 60.4 Å². The number of rotatable bonds is 2. The molecule has 4 heteroatoms. The van der Waals surface area contributed by atoms with Crippen molar-refractivity contribution in [3.05, 3.63) is 95.1 Å². The fraction of sp³-hybridized carbons (Fsp3) is 0. The molecule has 4 aromatic rings. The standard InChI is InChI=1S/C24H14O4/c25-23(26)20-14-13-17(22-19(20)9-4-10-21(22)24(27)28)12-11-16-7-3-6-15-5-1-2-8-18(15)16/h1-10,13-14H,(H,25,26)(H,27,28). The van der Waals surface area contributed by atoms with Gasteiger partial charge in [-0.2, -0.15) is 0 Å². The largest absolute Gasteiger partial charge is 0.478 e. The number of fused-ring (bicyclic) bond motifs is 2. The average molecular weight is 366 g/mol. The van der Waals surface area contributed by atoms with Gasteiger partial charge in [-0.3, -0.25) is 0 Å². The van der Waals surface area contributed by atoms with Crippen LogP contribution < -0.4 is 0 Å². The predicted molar refractivity (Wildman–Crippen MR) is 108 cm³/mol. The Morgan fingerprint density at radius 1 is 0.607 bits per heavy atom. The molecular formula is C24H14O4. The minimum absolute atomic E-state index is 0.0304. The first-order valence-electron chi connectivity index (χ1n) is 8.58. The van der Waals surface area contributed by atoms with Gasteiger partial charge in [0.15, 0.2) is 0 Å². The molecule has 4 aromatic carbocycles. The molecule has 4 nitrogen and oxygen atoms in total. The van der Waals surface area contributed by atoms with E-state index in [1.165, 1.54) is 12.1 Å². The minimum atomic E-state index is -1.12. The van der Waals surface area contributed by atoms with Crippen molar-refractivity contribution in [3.8, 4) is 11.8 Å². The van der Waals surface area contributed by atoms with Crippen LogP contribution >= 0.6 is 0 Å². The van der Waals surface area contributed by atoms with E-state index in [1.54, 1.807) is 18.2 Å². The monoisotopic (exact) mass is 366 g/mol. The topological polar surface area (TPSA) is 74.6 Å². The lowest BCUT2D eigenvalue weighted by atomic mass is 9.95. The molecule has 0 saturated carbocycles. The van der Waals surface area contributed by atoms with Crippen molar-refractivity contribution in [2.75, 3.05) is 0 Å². The SMILES string of the molecule is O=C(O)c1ccc(C#Cc2cccc3ccccc23)c2c(C(=O)O)cccc12. The predicted octanol–water partition coefficient (Wildman–Crippen LogP) is 4.79. The fourth-order valence-corrected chi connectivity index (χ4v) is 3.34. The highest BCUT2D eigenvalue weighted by molar-refractivity contribution is 6.12. The molecule has 134 valence electrons. The Hall–Kier alpha value is -4.10. The van der Waals surface area contributed by atoms with Gasteiger partial charge in [-0.05, 0) is 40.4 Å². The molecule has 4 rings (SSSR count). The molecule has 0 bridgehead atoms. The zero-order chi connectivity index (χ0) is 19.7. The molecule has 0 radical (unpaired) electrons. The van der Waals surface area contributed by atoms with E-state index in [0.29, 0.717) is 16.3 Å². The van der Waals surface area contributed by atoms with Gasteiger partial charge in [0.05, 0.1) is 11.1 Å². The quantitative estimate of drug-likeness (QED) is 0.500. The molecule has 0 unspecified atom stereocenters. The van der Waals surface area contributed by atoms with Gasteiger partial charge in [-0.25, -0.2) is 9.59 Å². The van der Waals surface area contributed by atoms with Crippen LogP contribution in [0.3, 0.4) is 0 Å². The van der Waals surface area contributed by atoms with E-state index in [-0.39, 0.29) is 11.1 Å². The van der Waals surface area contributed by atoms with Crippen molar-refractivity contribution in [1.29, 1.82) is 0 Å². The average Bonchev–Trinajstić information content (AvgIpc) is 2.71. The number of carbonyl (C=O) groups is 2. The van der Waals surface area contributed by atoms with Gasteiger partial charge >= 0.3 is 11.9 Å². The number of carboxylic acids is 2. The molecule has 0 aliphatic rings. The Kier molecular flexibility index (Phi) is 4.27. The zero-order valence-corrected chi connectivity index (χ0v) is 14.6. The Balaban J connectivity index is 1.98. The third-order valence-corrected chi connectivity index (χ3v) is 4.62. The number of hydrogen-bond acceptors (Lipinski definition) is 2. The summed E-state index contributed by atoms with van der Waals surface area (Å²) in [6.45, 7) is 0. The van der Waals surface area contributed by atoms with Crippen LogP contribution in [0.2, 0.25) is 0 Å². The lowest BCUT2D eigenvalue weighted by molar-refractivity contribution is 0.0686. The molecular weight excluding hydrogens is 352 g/mol. The van der Waals surface area contributed by atoms with Gasteiger partial charge in [0.1, 0.15) is 0 Å². The summed E-state index contributed by atoms with van der Waals surface area (Å²) >= 11 is 0. The van der Waals surface area contributed by atoms with E-state index < -0.39 is 11.9 Å². The first-order chi connectivity index (χ1) is 13.6. The van der Waals surface area contributed by atoms with Crippen molar-refractivity contribution in [1.82, 2.24) is 0 Å². The number of carboxylic acid groups (broad SMARTS) is 2. The van der Waals surface area contributed by atoms with Crippen LogP contribution in [0.5, 0.6) is 0 Å². The van der Waals surface area contributed by atoms with Gasteiger partial charge in [-0.15, -0.1) is 0 Å². The molecule has 0 aliphatic heterocycles. The van der Waals surface area contributed by atoms with Crippen LogP contribution in [0.4, 0.5) is 0 Å². The highest BCUT2D eigenvalue weighted by Crippen LogP contribution is 2.27. The van der Waals surface area contributed by atoms with E-state index in [4.69, 9.17) is 0 Å². The Morgan fingerprint density at radius 2 is 1.25 bits per heavy atom. The fourth-order valence-electron chi connectivity index (χ4n) is 3.34. The lowest BCUT2D eigenvalue weighted by Crippen LogP contribution is -2.03. The van der Waals surface area contributed by atoms with Crippen LogP contribution in [0.25, 0.3) is 21.5 Å². The second-order valence-electron chi connectivity index (χ2n) is 6.28. The van der Waals surface area contributed by atoms with Crippen molar-refractivity contribution >= 4 is 33.5 Å². The summed E-state index contributed by atoms with van der Waals surface area (Å²) in [7, 11) is 0. The number of aromatic carboxylic acids is 2. The van der Waals surface area contributed by atoms with E-state index in [9.17, 15) is 19.8 Å². The van der Waals surface area contributed by atoms with Crippen molar-refractivity contribution in [3.63, 3.8) is 0 Å². The van der Waals surface area contributed by atoms with Crippen LogP contribution in [0.15, 0.2) is 72.8 Å². The molecule has 0 aromatic heterocycles. The van der Waals surface area contributed by atoms with E-state index in [1.807, 2.05) is 42.5 Å². The summed E-state index contributed by atoms with van der Waals surface area (Å²) in [5.74, 6) is 3.94. The molecule has 2 N–H and O–H groups in total. The second-order valence-corrected chi connectivity index (χ2v) is 6.28. The van der Waals surface area contributed by atoms with E-state index in [2.05, 4.69) is 11.8 Å². The Bertz CT molecular complexity index is 1320. The maximum absolute atomic E-state index is 11.7. The van der Waals surface area contributed by atoms with Crippen molar-refractivity contribution in [2.45, 2.75) is 0 Å². The van der Waals surface area contributed by atoms with Gasteiger partial charge in [0, 0.05) is 16.5 Å². The van der Waals surface area contributed by atoms with Crippen LogP contribution in [-0.2, 0) is 0 Å². The molecule has 0 spiro atoms. The van der Waals surface area contributed by atoms with E-state index in [0.717, 1.165) is 16.3 Å². The summed E-state index contributed by atoms with van der Waals surface area (Å²) in [5.41, 5.74) is 1.38. The maximum atomic E-state index is 11.7. The highest BCUT2D eigenvalue weighted by atomic mass is 16.4. The third-order valence-electron chi connectivity index (χ3n) is 4.62. The normalized spacial score (nSPS) is 10.4. The summed E-state index contributed by atoms with van der Waals surface area (Å²) in [5, 5.41) is 21.8. The molecule has 0 atom stereocenters. The number of benzene rings is 4. The summed E-state index contributed by atoms with van der Waals surface area (Å²) < 4.78 is 0. The van der Waals surface area contributed by atoms with Gasteiger partial charge in [0.25, 0.3) is 0 Å². The number of hydrogen-bond donors (Lipinski definition) is 2. The smallest absolute Gasteiger partial charge is 0.336 e. The first-order valence-corrected chi connectivity index (χ1v) is 8.58. The van der Waals surface area contributed by atoms with E-state index >= 15 is 0 Å². The minimum Gasteiger partial charge on any atom is -0.478 e. The molecule has 0 heterocycles. The van der Waals surface area contributed by atoms with Crippen LogP contribution in [-0.4, -0.2) is 22.2 Å². The highest BCUT2D eigenvalue weighted by Gasteiger charge is 2.16. The second kappa shape index (κ2) is 6.90. The third kappa shape index (κ3) is 2.95. The molecule has 0 saturated heterocycles. The summed E-state index contributed by atoms with van der Waals surface area (Å²) in [6, 6.07) is 21.3. The zero-order valence-electron chi connectivity index (χ0n) is 14.6. The van der Waals surface area contributed by atoms with Gasteiger partial charge < -0.3 is 10.2 Å². The molecule has 0 amide bonds. The van der Waals surface area contributed by atoms with Gasteiger partial charge in [0.2, 0.25) is 0 Å². The van der Waals surface area contributed by atoms with Crippen LogP contribution in [0.1, 0.15) is 31.8 Å². The molecule has 0 fully saturated rings. The van der Waals surface area contributed by atoms with Crippen molar-refractivity contribution in [2.24, 2.45) is 0 Å². The summed E-state index contributed by atoms with van der Waals surface area (Å²) in [4.78, 5) is 23.3. The first kappa shape index (κ1) is 17.3. The lowest BCUT2D eigenvalue weighted by Gasteiger charge is -2.08. The van der Waals surface area contributed by atoms with Crippen molar-refractivity contribution < 1.29 is 19.8 Å². The Morgan fingerprint density at radius 3 is 2.04 bits per heavy atom. The maximum Gasteiger partial charge on any atom is 0.336 e. The summed E-state index contributed by atoms with van der Waals surface area (Å²) in [6.07, 6.45) is 0. The molecule has 0 aliphatic carbocycles. The Labute approximate surface area is 160 Å².